The third-order valence-corrected chi connectivity index (χ3v) is 7.48. The summed E-state index contributed by atoms with van der Waals surface area (Å²) < 4.78 is 35.1. The molecule has 9 heteroatoms. The lowest BCUT2D eigenvalue weighted by molar-refractivity contribution is -0.131. The van der Waals surface area contributed by atoms with E-state index < -0.39 is 16.0 Å². The van der Waals surface area contributed by atoms with Crippen LogP contribution in [-0.2, 0) is 14.8 Å². The molecule has 0 aromatic heterocycles. The Balaban J connectivity index is 2.16. The average Bonchev–Trinajstić information content (AvgIpc) is 2.86. The number of rotatable bonds is 9. The number of nitrogens with zero attached hydrogens (tertiary/aromatic N) is 1. The number of fused-ring (bicyclic) bond motifs is 1. The lowest BCUT2D eigenvalue weighted by Gasteiger charge is -2.27. The Morgan fingerprint density at radius 3 is 2.69 bits per heavy atom. The zero-order chi connectivity index (χ0) is 23.1. The number of anilines is 2. The van der Waals surface area contributed by atoms with Crippen LogP contribution in [0.5, 0.6) is 5.75 Å². The number of sulfonamides is 1. The molecule has 2 N–H and O–H groups in total. The normalized spacial score (nSPS) is 17.7. The number of unbranched alkanes of at least 4 members (excludes halogenated alkanes) is 1. The first-order valence-corrected chi connectivity index (χ1v) is 13.0. The zero-order valence-corrected chi connectivity index (χ0v) is 19.8. The van der Waals surface area contributed by atoms with Gasteiger partial charge in [-0.2, -0.15) is 0 Å². The quantitative estimate of drug-likeness (QED) is 0.306. The van der Waals surface area contributed by atoms with E-state index in [2.05, 4.69) is 11.6 Å². The maximum absolute atomic E-state index is 13.3. The van der Waals surface area contributed by atoms with Gasteiger partial charge in [-0.1, -0.05) is 44.9 Å². The van der Waals surface area contributed by atoms with Crippen molar-refractivity contribution in [1.29, 1.82) is 0 Å². The van der Waals surface area contributed by atoms with Gasteiger partial charge in [-0.15, -0.1) is 11.8 Å². The van der Waals surface area contributed by atoms with Crippen LogP contribution in [0.1, 0.15) is 33.1 Å². The van der Waals surface area contributed by atoms with Crippen molar-refractivity contribution in [2.75, 3.05) is 17.2 Å². The van der Waals surface area contributed by atoms with Crippen molar-refractivity contribution in [3.8, 4) is 5.75 Å². The lowest BCUT2D eigenvalue weighted by atomic mass is 10.1. The molecule has 32 heavy (non-hydrogen) atoms. The summed E-state index contributed by atoms with van der Waals surface area (Å²) in [5.74, 6) is -0.0981. The molecule has 0 saturated carbocycles. The van der Waals surface area contributed by atoms with Crippen LogP contribution in [0.15, 0.2) is 64.6 Å². The predicted octanol–water partition coefficient (Wildman–Crippen LogP) is 4.76. The van der Waals surface area contributed by atoms with E-state index in [1.54, 1.807) is 0 Å². The van der Waals surface area contributed by atoms with Crippen molar-refractivity contribution < 1.29 is 23.1 Å². The number of carboxylic acids is 1. The van der Waals surface area contributed by atoms with E-state index in [1.807, 2.05) is 48.2 Å². The van der Waals surface area contributed by atoms with Gasteiger partial charge in [-0.3, -0.25) is 0 Å². The van der Waals surface area contributed by atoms with E-state index in [0.717, 1.165) is 47.9 Å². The summed E-state index contributed by atoms with van der Waals surface area (Å²) in [6.45, 7) is 4.57. The zero-order valence-electron chi connectivity index (χ0n) is 18.2. The van der Waals surface area contributed by atoms with Gasteiger partial charge in [0.15, 0.2) is 0 Å². The number of aliphatic carboxylic acids is 1. The van der Waals surface area contributed by atoms with E-state index >= 15 is 0 Å². The maximum atomic E-state index is 13.3. The predicted molar refractivity (Wildman–Crippen MR) is 127 cm³/mol. The van der Waals surface area contributed by atoms with E-state index in [9.17, 15) is 13.2 Å². The number of hydrogen-bond donors (Lipinski definition) is 2. The number of thioether (sulfide) groups is 1. The highest BCUT2D eigenvalue weighted by atomic mass is 32.2. The van der Waals surface area contributed by atoms with Gasteiger partial charge in [0, 0.05) is 24.3 Å². The Bertz CT molecular complexity index is 1070. The fourth-order valence-corrected chi connectivity index (χ4v) is 5.79. The molecule has 1 aliphatic rings. The second-order valence-electron chi connectivity index (χ2n) is 7.37. The largest absolute Gasteiger partial charge is 0.478 e. The maximum Gasteiger partial charge on any atom is 0.331 e. The van der Waals surface area contributed by atoms with Crippen molar-refractivity contribution in [2.45, 2.75) is 48.9 Å². The summed E-state index contributed by atoms with van der Waals surface area (Å²) in [4.78, 5) is 13.7. The number of benzene rings is 2. The van der Waals surface area contributed by atoms with E-state index in [1.165, 1.54) is 17.8 Å². The minimum absolute atomic E-state index is 0.111. The topological polar surface area (TPSA) is 95.9 Å². The number of hydrogen-bond acceptors (Lipinski definition) is 6. The van der Waals surface area contributed by atoms with E-state index in [-0.39, 0.29) is 10.9 Å². The summed E-state index contributed by atoms with van der Waals surface area (Å²) in [6.07, 6.45) is 4.54. The van der Waals surface area contributed by atoms with Crippen LogP contribution >= 0.6 is 11.8 Å². The Morgan fingerprint density at radius 1 is 1.28 bits per heavy atom. The molecular weight excluding hydrogens is 448 g/mol. The molecule has 2 aromatic rings. The van der Waals surface area contributed by atoms with Crippen molar-refractivity contribution >= 4 is 39.1 Å². The molecule has 2 aromatic carbocycles. The van der Waals surface area contributed by atoms with Gasteiger partial charge < -0.3 is 14.7 Å². The van der Waals surface area contributed by atoms with Crippen LogP contribution in [0.25, 0.3) is 0 Å². The van der Waals surface area contributed by atoms with Gasteiger partial charge in [-0.05, 0) is 30.4 Å². The fraction of sp³-hybridized carbons (Fsp3) is 0.348. The number of para-hydroxylation sites is 1. The van der Waals surface area contributed by atoms with Crippen LogP contribution in [0.4, 0.5) is 11.4 Å². The van der Waals surface area contributed by atoms with E-state index in [4.69, 9.17) is 9.84 Å². The second kappa shape index (κ2) is 10.9. The standard InChI is InChI=1S/C23H28N2O5S2/c1-3-5-9-17-16-25(18-10-7-6-8-11-18)19-14-21(31-4-2)20(30-13-12-23(26)27)15-22(19)32(28,29)24-17/h6-8,10-15,17,24H,3-5,9,16H2,1-2H3,(H,26,27)/b13-12+. The third-order valence-electron chi connectivity index (χ3n) is 5.01. The lowest BCUT2D eigenvalue weighted by Crippen LogP contribution is -2.39. The Kier molecular flexibility index (Phi) is 8.22. The highest BCUT2D eigenvalue weighted by molar-refractivity contribution is 7.99. The van der Waals surface area contributed by atoms with Crippen molar-refractivity contribution in [3.05, 3.63) is 54.8 Å². The highest BCUT2D eigenvalue weighted by Crippen LogP contribution is 2.42. The first kappa shape index (κ1) is 24.2. The molecule has 0 bridgehead atoms. The van der Waals surface area contributed by atoms with Crippen LogP contribution in [0.2, 0.25) is 0 Å². The molecule has 1 aliphatic heterocycles. The third kappa shape index (κ3) is 5.85. The van der Waals surface area contributed by atoms with Gasteiger partial charge in [-0.25, -0.2) is 17.9 Å². The number of carbonyl (C=O) groups is 1. The van der Waals surface area contributed by atoms with Crippen molar-refractivity contribution in [1.82, 2.24) is 4.72 Å². The Hall–Kier alpha value is -2.49. The Morgan fingerprint density at radius 2 is 2.03 bits per heavy atom. The van der Waals surface area contributed by atoms with Crippen LogP contribution in [-0.4, -0.2) is 37.8 Å². The first-order valence-electron chi connectivity index (χ1n) is 10.6. The van der Waals surface area contributed by atoms with Crippen LogP contribution < -0.4 is 14.4 Å². The summed E-state index contributed by atoms with van der Waals surface area (Å²) in [6, 6.07) is 12.8. The van der Waals surface area contributed by atoms with Gasteiger partial charge in [0.05, 0.1) is 22.9 Å². The smallest absolute Gasteiger partial charge is 0.331 e. The first-order chi connectivity index (χ1) is 15.4. The van der Waals surface area contributed by atoms with Gasteiger partial charge in [0.1, 0.15) is 10.6 Å². The molecule has 0 fully saturated rings. The molecule has 0 aliphatic carbocycles. The number of ether oxygens (including phenoxy) is 1. The van der Waals surface area contributed by atoms with E-state index in [0.29, 0.717) is 18.0 Å². The molecular formula is C23H28N2O5S2. The van der Waals surface area contributed by atoms with Crippen LogP contribution in [0, 0.1) is 0 Å². The van der Waals surface area contributed by atoms with Gasteiger partial charge in [0.25, 0.3) is 0 Å². The molecule has 1 unspecified atom stereocenters. The molecule has 0 saturated heterocycles. The minimum Gasteiger partial charge on any atom is -0.478 e. The summed E-state index contributed by atoms with van der Waals surface area (Å²) in [5.41, 5.74) is 1.48. The second-order valence-corrected chi connectivity index (χ2v) is 10.4. The van der Waals surface area contributed by atoms with Crippen molar-refractivity contribution in [2.24, 2.45) is 0 Å². The van der Waals surface area contributed by atoms with Gasteiger partial charge in [0.2, 0.25) is 10.0 Å². The molecule has 0 amide bonds. The Labute approximate surface area is 193 Å². The minimum atomic E-state index is -3.82. The summed E-state index contributed by atoms with van der Waals surface area (Å²) in [5, 5.41) is 8.85. The highest BCUT2D eigenvalue weighted by Gasteiger charge is 2.33. The molecule has 0 radical (unpaired) electrons. The molecule has 1 atom stereocenters. The molecule has 1 heterocycles. The fourth-order valence-electron chi connectivity index (χ4n) is 3.57. The van der Waals surface area contributed by atoms with Gasteiger partial charge >= 0.3 is 5.97 Å². The summed E-state index contributed by atoms with van der Waals surface area (Å²) in [7, 11) is -3.82. The SMILES string of the molecule is CCCCC1CN(c2ccccc2)c2cc(SCC)c(O/C=C/C(=O)O)cc2S(=O)(=O)N1. The van der Waals surface area contributed by atoms with Crippen LogP contribution in [0.3, 0.4) is 0 Å². The average molecular weight is 477 g/mol. The molecule has 7 nitrogen and oxygen atoms in total. The van der Waals surface area contributed by atoms with Crippen molar-refractivity contribution in [3.63, 3.8) is 0 Å². The number of carboxylic acid groups (broad SMARTS) is 1. The monoisotopic (exact) mass is 476 g/mol. The molecule has 172 valence electrons. The molecule has 3 rings (SSSR count). The number of nitrogens with one attached hydrogen (secondary N) is 1. The molecule has 0 spiro atoms. The summed E-state index contributed by atoms with van der Waals surface area (Å²) >= 11 is 1.50.